The Hall–Kier alpha value is -4.29. The summed E-state index contributed by atoms with van der Waals surface area (Å²) >= 11 is 0. The number of nitrogens with zero attached hydrogens (tertiary/aromatic N) is 3. The molecule has 0 radical (unpaired) electrons. The summed E-state index contributed by atoms with van der Waals surface area (Å²) in [7, 11) is 0. The first-order valence-electron chi connectivity index (χ1n) is 16.7. The van der Waals surface area contributed by atoms with Crippen molar-refractivity contribution in [2.45, 2.75) is 110 Å². The highest BCUT2D eigenvalue weighted by atomic mass is 19.1. The van der Waals surface area contributed by atoms with E-state index >= 15 is 0 Å². The fourth-order valence-electron chi connectivity index (χ4n) is 6.74. The molecule has 0 aliphatic carbocycles. The fraction of sp³-hybridized carbons (Fsp3) is 0.571. The Bertz CT molecular complexity index is 1640. The van der Waals surface area contributed by atoms with Crippen molar-refractivity contribution in [3.8, 4) is 5.75 Å². The molecule has 1 spiro atoms. The lowest BCUT2D eigenvalue weighted by Gasteiger charge is -2.42. The van der Waals surface area contributed by atoms with Crippen LogP contribution in [0.15, 0.2) is 34.3 Å². The van der Waals surface area contributed by atoms with Crippen molar-refractivity contribution in [3.05, 3.63) is 63.1 Å². The number of rotatable bonds is 13. The molecule has 3 atom stereocenters. The molecule has 2 aromatic rings. The Morgan fingerprint density at radius 2 is 1.94 bits per heavy atom. The average Bonchev–Trinajstić information content (AvgIpc) is 3.37. The maximum atomic E-state index is 14.3. The molecule has 1 N–H and O–H groups in total. The quantitative estimate of drug-likeness (QED) is 0.166. The number of unbranched alkanes of at least 4 members (excludes halogenated alkanes) is 3. The molecule has 48 heavy (non-hydrogen) atoms. The zero-order chi connectivity index (χ0) is 34.6. The molecular weight excluding hydrogens is 626 g/mol. The summed E-state index contributed by atoms with van der Waals surface area (Å²) in [5.41, 5.74) is -1.40. The number of benzene rings is 1. The molecule has 3 aliphatic rings. The Morgan fingerprint density at radius 3 is 2.65 bits per heavy atom. The standard InChI is InChI=1S/C35H44F2N4O7/c1-21(2)9-7-5-6-8-10-29(42)46-20-47-32-30-34(45)40-19-28(35(14-13-23(40)4)16-22(3)39-48-35)41(30)18-26(31(32)43)33(44)38-17-24-11-12-25(36)15-27(24)37/h11-12,15,18,21,23,28H,5-10,13-14,16-17,19-20H2,1-4H3,(H,38,44)/t23-,28+,35-/m0/s1. The van der Waals surface area contributed by atoms with Gasteiger partial charge in [0.2, 0.25) is 18.0 Å². The molecule has 11 nitrogen and oxygen atoms in total. The largest absolute Gasteiger partial charge is 0.451 e. The van der Waals surface area contributed by atoms with Gasteiger partial charge < -0.3 is 29.1 Å². The number of ether oxygens (including phenoxy) is 2. The van der Waals surface area contributed by atoms with Crippen molar-refractivity contribution >= 4 is 23.5 Å². The van der Waals surface area contributed by atoms with E-state index in [0.29, 0.717) is 37.7 Å². The molecule has 0 unspecified atom stereocenters. The molecule has 1 aromatic carbocycles. The van der Waals surface area contributed by atoms with E-state index < -0.39 is 59.0 Å². The summed E-state index contributed by atoms with van der Waals surface area (Å²) < 4.78 is 40.3. The minimum atomic E-state index is -0.894. The maximum absolute atomic E-state index is 14.3. The molecule has 5 rings (SSSR count). The number of carbonyl (C=O) groups is 3. The second-order valence-corrected chi connectivity index (χ2v) is 13.5. The van der Waals surface area contributed by atoms with Gasteiger partial charge in [-0.3, -0.25) is 19.2 Å². The highest BCUT2D eigenvalue weighted by Gasteiger charge is 2.54. The number of nitrogens with one attached hydrogen (secondary N) is 1. The van der Waals surface area contributed by atoms with Gasteiger partial charge in [-0.1, -0.05) is 50.8 Å². The SMILES string of the molecule is CC1=NO[C@@]2(CC[C@H](C)N3C[C@H]2n2cc(C(=O)NCc4ccc(F)cc4F)c(=O)c(OCOC(=O)CCCCCCC(C)C)c2C3=O)C1. The second kappa shape index (κ2) is 14.9. The Labute approximate surface area is 278 Å². The van der Waals surface area contributed by atoms with E-state index in [1.54, 1.807) is 9.47 Å². The predicted octanol–water partition coefficient (Wildman–Crippen LogP) is 5.65. The molecule has 260 valence electrons. The van der Waals surface area contributed by atoms with E-state index in [4.69, 9.17) is 14.3 Å². The van der Waals surface area contributed by atoms with Gasteiger partial charge in [-0.05, 0) is 45.1 Å². The first kappa shape index (κ1) is 35.0. The minimum Gasteiger partial charge on any atom is -0.451 e. The van der Waals surface area contributed by atoms with Crippen molar-refractivity contribution in [2.24, 2.45) is 11.1 Å². The number of carbonyl (C=O) groups excluding carboxylic acids is 3. The normalized spacial score (nSPS) is 21.4. The lowest BCUT2D eigenvalue weighted by atomic mass is 9.84. The molecule has 1 saturated heterocycles. The van der Waals surface area contributed by atoms with E-state index in [9.17, 15) is 28.0 Å². The number of halogens is 2. The smallest absolute Gasteiger partial charge is 0.308 e. The summed E-state index contributed by atoms with van der Waals surface area (Å²) in [5.74, 6) is -3.25. The third kappa shape index (κ3) is 7.55. The van der Waals surface area contributed by atoms with Gasteiger partial charge in [0.15, 0.2) is 11.3 Å². The topological polar surface area (TPSA) is 129 Å². The summed E-state index contributed by atoms with van der Waals surface area (Å²) in [6.45, 7) is 7.39. The van der Waals surface area contributed by atoms with Crippen LogP contribution >= 0.6 is 0 Å². The van der Waals surface area contributed by atoms with Crippen LogP contribution in [0.2, 0.25) is 0 Å². The van der Waals surface area contributed by atoms with E-state index in [0.717, 1.165) is 37.5 Å². The molecule has 2 amide bonds. The van der Waals surface area contributed by atoms with Crippen molar-refractivity contribution in [1.82, 2.24) is 14.8 Å². The maximum Gasteiger partial charge on any atom is 0.308 e. The van der Waals surface area contributed by atoms with Crippen LogP contribution in [-0.4, -0.2) is 57.9 Å². The first-order valence-corrected chi connectivity index (χ1v) is 16.7. The molecule has 1 fully saturated rings. The second-order valence-electron chi connectivity index (χ2n) is 13.5. The van der Waals surface area contributed by atoms with Crippen LogP contribution in [0.25, 0.3) is 0 Å². The number of oxime groups is 1. The van der Waals surface area contributed by atoms with E-state index in [-0.39, 0.29) is 42.4 Å². The van der Waals surface area contributed by atoms with E-state index in [1.807, 2.05) is 13.8 Å². The zero-order valence-corrected chi connectivity index (χ0v) is 28.0. The number of pyridine rings is 1. The van der Waals surface area contributed by atoms with Crippen molar-refractivity contribution in [3.63, 3.8) is 0 Å². The number of hydrogen-bond acceptors (Lipinski definition) is 8. The van der Waals surface area contributed by atoms with Gasteiger partial charge >= 0.3 is 5.97 Å². The minimum absolute atomic E-state index is 0.0145. The Balaban J connectivity index is 1.42. The first-order chi connectivity index (χ1) is 22.9. The highest BCUT2D eigenvalue weighted by molar-refractivity contribution is 5.99. The number of amides is 2. The van der Waals surface area contributed by atoms with Gasteiger partial charge in [0.05, 0.1) is 11.8 Å². The van der Waals surface area contributed by atoms with Crippen LogP contribution < -0.4 is 15.5 Å². The Kier molecular flexibility index (Phi) is 10.8. The van der Waals surface area contributed by atoms with Gasteiger partial charge in [-0.25, -0.2) is 8.78 Å². The lowest BCUT2D eigenvalue weighted by Crippen LogP contribution is -2.52. The average molecular weight is 671 g/mol. The molecular formula is C35H44F2N4O7. The van der Waals surface area contributed by atoms with Gasteiger partial charge in [-0.15, -0.1) is 0 Å². The Morgan fingerprint density at radius 1 is 1.17 bits per heavy atom. The molecule has 2 bridgehead atoms. The van der Waals surface area contributed by atoms with Crippen LogP contribution in [0.1, 0.15) is 118 Å². The molecule has 3 aliphatic heterocycles. The van der Waals surface area contributed by atoms with Crippen LogP contribution in [-0.2, 0) is 20.9 Å². The third-order valence-electron chi connectivity index (χ3n) is 9.46. The van der Waals surface area contributed by atoms with Gasteiger partial charge in [-0.2, -0.15) is 0 Å². The van der Waals surface area contributed by atoms with Crippen molar-refractivity contribution < 1.29 is 37.5 Å². The molecule has 13 heteroatoms. The monoisotopic (exact) mass is 670 g/mol. The van der Waals surface area contributed by atoms with Crippen molar-refractivity contribution in [1.29, 1.82) is 0 Å². The van der Waals surface area contributed by atoms with Gasteiger partial charge in [0, 0.05) is 49.8 Å². The van der Waals surface area contributed by atoms with E-state index in [2.05, 4.69) is 24.3 Å². The van der Waals surface area contributed by atoms with Crippen LogP contribution in [0, 0.1) is 17.6 Å². The summed E-state index contributed by atoms with van der Waals surface area (Å²) in [4.78, 5) is 61.6. The van der Waals surface area contributed by atoms with Crippen LogP contribution in [0.5, 0.6) is 5.75 Å². The van der Waals surface area contributed by atoms with Crippen LogP contribution in [0.3, 0.4) is 0 Å². The van der Waals surface area contributed by atoms with Crippen LogP contribution in [0.4, 0.5) is 8.78 Å². The lowest BCUT2D eigenvalue weighted by molar-refractivity contribution is -0.150. The fourth-order valence-corrected chi connectivity index (χ4v) is 6.74. The van der Waals surface area contributed by atoms with Gasteiger partial charge in [0.1, 0.15) is 17.2 Å². The molecule has 0 saturated carbocycles. The third-order valence-corrected chi connectivity index (χ3v) is 9.46. The summed E-state index contributed by atoms with van der Waals surface area (Å²) in [6, 6.07) is 2.23. The van der Waals surface area contributed by atoms with Crippen molar-refractivity contribution in [2.75, 3.05) is 13.3 Å². The molecule has 1 aromatic heterocycles. The summed E-state index contributed by atoms with van der Waals surface area (Å²) in [5, 5.41) is 6.74. The number of aromatic nitrogens is 1. The van der Waals surface area contributed by atoms with E-state index in [1.165, 1.54) is 12.3 Å². The number of fused-ring (bicyclic) bond motifs is 5. The summed E-state index contributed by atoms with van der Waals surface area (Å²) in [6.07, 6.45) is 7.91. The molecule has 4 heterocycles. The number of esters is 1. The number of hydrogen-bond donors (Lipinski definition) is 1. The zero-order valence-electron chi connectivity index (χ0n) is 28.0. The van der Waals surface area contributed by atoms with Gasteiger partial charge in [0.25, 0.3) is 11.8 Å². The highest BCUT2D eigenvalue weighted by Crippen LogP contribution is 2.46. The predicted molar refractivity (Wildman–Crippen MR) is 173 cm³/mol.